The lowest BCUT2D eigenvalue weighted by atomic mass is 10.1. The summed E-state index contributed by atoms with van der Waals surface area (Å²) in [5, 5.41) is 0. The van der Waals surface area contributed by atoms with Crippen LogP contribution in [0.2, 0.25) is 0 Å². The van der Waals surface area contributed by atoms with Gasteiger partial charge in [0.15, 0.2) is 0 Å². The first kappa shape index (κ1) is 17.6. The Morgan fingerprint density at radius 3 is 2.76 bits per heavy atom. The highest BCUT2D eigenvalue weighted by atomic mass is 16.2. The second kappa shape index (κ2) is 8.25. The summed E-state index contributed by atoms with van der Waals surface area (Å²) >= 11 is 0. The zero-order valence-electron chi connectivity index (χ0n) is 15.1. The minimum Gasteiger partial charge on any atom is -0.334 e. The maximum Gasteiger partial charge on any atom is 0.229 e. The molecule has 25 heavy (non-hydrogen) atoms. The summed E-state index contributed by atoms with van der Waals surface area (Å²) in [4.78, 5) is 26.0. The second-order valence-electron chi connectivity index (χ2n) is 6.62. The first-order valence-electron chi connectivity index (χ1n) is 9.09. The van der Waals surface area contributed by atoms with Crippen molar-refractivity contribution in [1.82, 2.24) is 24.3 Å². The van der Waals surface area contributed by atoms with Gasteiger partial charge in [-0.3, -0.25) is 9.78 Å². The number of imidazole rings is 1. The van der Waals surface area contributed by atoms with E-state index in [0.717, 1.165) is 44.2 Å². The number of carbonyl (C=O) groups is 1. The molecule has 1 aliphatic heterocycles. The lowest BCUT2D eigenvalue weighted by molar-refractivity contribution is -0.131. The highest BCUT2D eigenvalue weighted by Crippen LogP contribution is 2.17. The van der Waals surface area contributed by atoms with Crippen molar-refractivity contribution in [2.75, 3.05) is 26.2 Å². The molecule has 0 saturated carbocycles. The number of hydrogen-bond donors (Lipinski definition) is 0. The van der Waals surface area contributed by atoms with E-state index >= 15 is 0 Å². The fourth-order valence-electron chi connectivity index (χ4n) is 3.46. The SMILES string of the molecule is CCN(CC)C[C@@H]1CN(C(=O)Cc2ccccn2)Cc2nccn2C1. The predicted octanol–water partition coefficient (Wildman–Crippen LogP) is 1.82. The molecule has 0 bridgehead atoms. The summed E-state index contributed by atoms with van der Waals surface area (Å²) in [5.41, 5.74) is 0.820. The summed E-state index contributed by atoms with van der Waals surface area (Å²) in [5.74, 6) is 1.50. The Morgan fingerprint density at radius 1 is 1.20 bits per heavy atom. The van der Waals surface area contributed by atoms with E-state index in [2.05, 4.69) is 33.3 Å². The summed E-state index contributed by atoms with van der Waals surface area (Å²) in [6, 6.07) is 5.70. The van der Waals surface area contributed by atoms with Crippen LogP contribution < -0.4 is 0 Å². The average Bonchev–Trinajstić information content (AvgIpc) is 2.98. The number of rotatable bonds is 6. The van der Waals surface area contributed by atoms with E-state index < -0.39 is 0 Å². The van der Waals surface area contributed by atoms with Gasteiger partial charge in [0.05, 0.1) is 13.0 Å². The molecular formula is C19H27N5O. The minimum absolute atomic E-state index is 0.125. The van der Waals surface area contributed by atoms with Gasteiger partial charge in [-0.15, -0.1) is 0 Å². The van der Waals surface area contributed by atoms with Crippen LogP contribution in [0.3, 0.4) is 0 Å². The summed E-state index contributed by atoms with van der Waals surface area (Å²) in [6.07, 6.45) is 5.94. The molecule has 6 nitrogen and oxygen atoms in total. The fourth-order valence-corrected chi connectivity index (χ4v) is 3.46. The lowest BCUT2D eigenvalue weighted by Gasteiger charge is -2.28. The van der Waals surface area contributed by atoms with Gasteiger partial charge in [-0.05, 0) is 25.2 Å². The van der Waals surface area contributed by atoms with Crippen molar-refractivity contribution in [1.29, 1.82) is 0 Å². The summed E-state index contributed by atoms with van der Waals surface area (Å²) < 4.78 is 2.20. The van der Waals surface area contributed by atoms with E-state index in [-0.39, 0.29) is 5.91 Å². The minimum atomic E-state index is 0.125. The van der Waals surface area contributed by atoms with Crippen LogP contribution in [0.5, 0.6) is 0 Å². The van der Waals surface area contributed by atoms with E-state index in [9.17, 15) is 4.79 Å². The molecule has 3 heterocycles. The summed E-state index contributed by atoms with van der Waals surface area (Å²) in [7, 11) is 0. The largest absolute Gasteiger partial charge is 0.334 e. The quantitative estimate of drug-likeness (QED) is 0.804. The molecule has 0 unspecified atom stereocenters. The van der Waals surface area contributed by atoms with Gasteiger partial charge in [0, 0.05) is 49.8 Å². The second-order valence-corrected chi connectivity index (χ2v) is 6.62. The number of fused-ring (bicyclic) bond motifs is 1. The van der Waals surface area contributed by atoms with Crippen molar-refractivity contribution in [3.8, 4) is 0 Å². The Kier molecular flexibility index (Phi) is 5.81. The number of pyridine rings is 1. The smallest absolute Gasteiger partial charge is 0.229 e. The number of hydrogen-bond acceptors (Lipinski definition) is 4. The van der Waals surface area contributed by atoms with E-state index in [0.29, 0.717) is 18.9 Å². The van der Waals surface area contributed by atoms with Crippen molar-refractivity contribution < 1.29 is 4.79 Å². The average molecular weight is 341 g/mol. The van der Waals surface area contributed by atoms with Crippen LogP contribution in [0.25, 0.3) is 0 Å². The van der Waals surface area contributed by atoms with Crippen LogP contribution >= 0.6 is 0 Å². The fraction of sp³-hybridized carbons (Fsp3) is 0.526. The molecule has 2 aromatic rings. The van der Waals surface area contributed by atoms with E-state index in [1.165, 1.54) is 0 Å². The van der Waals surface area contributed by atoms with Crippen molar-refractivity contribution in [3.63, 3.8) is 0 Å². The molecule has 134 valence electrons. The Balaban J connectivity index is 1.74. The van der Waals surface area contributed by atoms with Gasteiger partial charge in [0.2, 0.25) is 5.91 Å². The van der Waals surface area contributed by atoms with E-state index in [4.69, 9.17) is 0 Å². The molecule has 0 fully saturated rings. The highest BCUT2D eigenvalue weighted by Gasteiger charge is 2.26. The lowest BCUT2D eigenvalue weighted by Crippen LogP contribution is -2.39. The van der Waals surface area contributed by atoms with Gasteiger partial charge in [-0.1, -0.05) is 19.9 Å². The third kappa shape index (κ3) is 4.45. The monoisotopic (exact) mass is 341 g/mol. The molecule has 0 radical (unpaired) electrons. The van der Waals surface area contributed by atoms with Crippen LogP contribution in [0.1, 0.15) is 25.4 Å². The molecule has 0 aromatic carbocycles. The molecule has 0 saturated heterocycles. The molecule has 0 spiro atoms. The Hall–Kier alpha value is -2.21. The maximum absolute atomic E-state index is 12.9. The van der Waals surface area contributed by atoms with Crippen LogP contribution in [-0.4, -0.2) is 56.4 Å². The molecule has 0 aliphatic carbocycles. The predicted molar refractivity (Wildman–Crippen MR) is 96.9 cm³/mol. The van der Waals surface area contributed by atoms with E-state index in [1.807, 2.05) is 35.5 Å². The Labute approximate surface area is 149 Å². The van der Waals surface area contributed by atoms with Gasteiger partial charge < -0.3 is 14.4 Å². The molecule has 3 rings (SSSR count). The number of amides is 1. The third-order valence-electron chi connectivity index (χ3n) is 4.89. The zero-order chi connectivity index (χ0) is 17.6. The summed E-state index contributed by atoms with van der Waals surface area (Å²) in [6.45, 7) is 9.70. The maximum atomic E-state index is 12.9. The van der Waals surface area contributed by atoms with Crippen LogP contribution in [0, 0.1) is 5.92 Å². The van der Waals surface area contributed by atoms with Crippen molar-refractivity contribution in [3.05, 3.63) is 48.3 Å². The van der Waals surface area contributed by atoms with Crippen molar-refractivity contribution in [2.24, 2.45) is 5.92 Å². The van der Waals surface area contributed by atoms with Crippen LogP contribution in [0.15, 0.2) is 36.8 Å². The van der Waals surface area contributed by atoms with E-state index in [1.54, 1.807) is 6.20 Å². The molecule has 2 aromatic heterocycles. The first-order valence-corrected chi connectivity index (χ1v) is 9.09. The van der Waals surface area contributed by atoms with Gasteiger partial charge >= 0.3 is 0 Å². The first-order chi connectivity index (χ1) is 12.2. The molecule has 0 N–H and O–H groups in total. The Morgan fingerprint density at radius 2 is 2.04 bits per heavy atom. The molecule has 1 atom stereocenters. The van der Waals surface area contributed by atoms with Crippen molar-refractivity contribution >= 4 is 5.91 Å². The van der Waals surface area contributed by atoms with Gasteiger partial charge in [0.25, 0.3) is 0 Å². The molecule has 1 amide bonds. The van der Waals surface area contributed by atoms with Gasteiger partial charge in [-0.25, -0.2) is 4.98 Å². The van der Waals surface area contributed by atoms with Gasteiger partial charge in [-0.2, -0.15) is 0 Å². The van der Waals surface area contributed by atoms with Crippen molar-refractivity contribution in [2.45, 2.75) is 33.4 Å². The standard InChI is InChI=1S/C19H27N5O/c1-3-22(4-2)12-16-13-23-10-9-21-18(23)15-24(14-16)19(25)11-17-7-5-6-8-20-17/h5-10,16H,3-4,11-15H2,1-2H3/t16-/m0/s1. The molecular weight excluding hydrogens is 314 g/mol. The Bertz CT molecular complexity index is 680. The third-order valence-corrected chi connectivity index (χ3v) is 4.89. The topological polar surface area (TPSA) is 54.3 Å². The number of nitrogens with zero attached hydrogens (tertiary/aromatic N) is 5. The highest BCUT2D eigenvalue weighted by molar-refractivity contribution is 5.78. The van der Waals surface area contributed by atoms with Crippen LogP contribution in [0.4, 0.5) is 0 Å². The number of aromatic nitrogens is 3. The van der Waals surface area contributed by atoms with Crippen LogP contribution in [-0.2, 0) is 24.3 Å². The number of carbonyl (C=O) groups excluding carboxylic acids is 1. The van der Waals surface area contributed by atoms with Gasteiger partial charge in [0.1, 0.15) is 5.82 Å². The molecule has 1 aliphatic rings. The molecule has 6 heteroatoms. The normalized spacial score (nSPS) is 17.4. The zero-order valence-corrected chi connectivity index (χ0v) is 15.1.